The zero-order valence-corrected chi connectivity index (χ0v) is 21.5. The number of hydrogen-bond acceptors (Lipinski definition) is 5. The summed E-state index contributed by atoms with van der Waals surface area (Å²) in [5.41, 5.74) is -2.00. The van der Waals surface area contributed by atoms with Crippen LogP contribution in [0, 0.1) is 12.3 Å². The maximum absolute atomic E-state index is 14.6. The maximum atomic E-state index is 14.6. The highest BCUT2D eigenvalue weighted by Gasteiger charge is 2.72. The first-order valence-corrected chi connectivity index (χ1v) is 13.0. The fourth-order valence-electron chi connectivity index (χ4n) is 6.55. The van der Waals surface area contributed by atoms with E-state index in [-0.39, 0.29) is 44.5 Å². The molecule has 1 spiro atoms. The Labute approximate surface area is 230 Å². The monoisotopic (exact) mass is 522 g/mol. The molecule has 0 unspecified atom stereocenters. The number of aliphatic hydroxyl groups is 1. The van der Waals surface area contributed by atoms with E-state index in [0.29, 0.717) is 5.56 Å². The molecular weight excluding hydrogens is 500 g/mol. The van der Waals surface area contributed by atoms with Crippen molar-refractivity contribution in [2.24, 2.45) is 5.41 Å². The molecule has 3 aliphatic carbocycles. The summed E-state index contributed by atoms with van der Waals surface area (Å²) in [7, 11) is 0. The smallest absolute Gasteiger partial charge is 0.198 e. The van der Waals surface area contributed by atoms with Crippen molar-refractivity contribution in [1.29, 1.82) is 0 Å². The molecule has 0 fully saturated rings. The molecule has 0 amide bonds. The van der Waals surface area contributed by atoms with Gasteiger partial charge in [0.15, 0.2) is 28.5 Å². The van der Waals surface area contributed by atoms with Gasteiger partial charge >= 0.3 is 0 Å². The number of carbonyl (C=O) groups is 4. The Morgan fingerprint density at radius 2 is 1.05 bits per heavy atom. The molecule has 4 aromatic rings. The lowest BCUT2D eigenvalue weighted by Gasteiger charge is -2.40. The first kappa shape index (κ1) is 24.1. The molecular formula is C35H22O5. The maximum Gasteiger partial charge on any atom is 0.198 e. The second-order valence-corrected chi connectivity index (χ2v) is 10.4. The largest absolute Gasteiger partial charge is 0.378 e. The normalized spacial score (nSPS) is 20.8. The van der Waals surface area contributed by atoms with E-state index in [1.807, 2.05) is 13.0 Å². The number of ketones is 4. The molecule has 0 aliphatic heterocycles. The van der Waals surface area contributed by atoms with Crippen LogP contribution in [0.3, 0.4) is 0 Å². The Hall–Kier alpha value is -5.00. The molecule has 5 heteroatoms. The van der Waals surface area contributed by atoms with Crippen molar-refractivity contribution < 1.29 is 24.3 Å². The Morgan fingerprint density at radius 1 is 0.575 bits per heavy atom. The van der Waals surface area contributed by atoms with Crippen LogP contribution < -0.4 is 0 Å². The molecule has 0 radical (unpaired) electrons. The van der Waals surface area contributed by atoms with E-state index in [4.69, 9.17) is 0 Å². The number of benzene rings is 4. The van der Waals surface area contributed by atoms with Crippen LogP contribution in [0.15, 0.2) is 120 Å². The summed E-state index contributed by atoms with van der Waals surface area (Å²) in [6, 6.07) is 28.7. The second-order valence-electron chi connectivity index (χ2n) is 10.4. The molecule has 0 bridgehead atoms. The van der Waals surface area contributed by atoms with Gasteiger partial charge in [-0.1, -0.05) is 109 Å². The summed E-state index contributed by atoms with van der Waals surface area (Å²) in [6.45, 7) is 1.88. The van der Waals surface area contributed by atoms with Gasteiger partial charge in [-0.2, -0.15) is 0 Å². The van der Waals surface area contributed by atoms with E-state index >= 15 is 0 Å². The third-order valence-electron chi connectivity index (χ3n) is 8.42. The lowest BCUT2D eigenvalue weighted by atomic mass is 9.61. The van der Waals surface area contributed by atoms with Crippen LogP contribution in [0.4, 0.5) is 0 Å². The summed E-state index contributed by atoms with van der Waals surface area (Å²) in [5.74, 6) is -2.23. The standard InChI is InChI=1S/C35H22O5/c1-20-15-17-22(18-16-20)35(40)28(29-30(36)23-11-5-6-12-24(23)31(29)37)19-27(21-9-3-2-4-10-21)34(35)32(38)25-13-7-8-14-26(25)33(34)39/h2-19,40H,1H3/t35-/m0/s1. The van der Waals surface area contributed by atoms with Crippen molar-refractivity contribution in [2.45, 2.75) is 12.5 Å². The molecule has 192 valence electrons. The fraction of sp³-hybridized carbons (Fsp3) is 0.0857. The number of rotatable bonds is 2. The van der Waals surface area contributed by atoms with E-state index in [1.54, 1.807) is 97.1 Å². The number of aryl methyl sites for hydroxylation is 1. The minimum absolute atomic E-state index is 0.0455. The summed E-state index contributed by atoms with van der Waals surface area (Å²) in [5, 5.41) is 13.1. The van der Waals surface area contributed by atoms with Crippen LogP contribution in [0.2, 0.25) is 0 Å². The van der Waals surface area contributed by atoms with Gasteiger partial charge in [-0.3, -0.25) is 19.2 Å². The SMILES string of the molecule is Cc1ccc([C@]2(O)C(=C3C(=O)c4ccccc4C3=O)C=C(c3ccccc3)C23C(=O)c2ccccc2C3=O)cc1. The number of hydrogen-bond donors (Lipinski definition) is 1. The minimum Gasteiger partial charge on any atom is -0.378 e. The summed E-state index contributed by atoms with van der Waals surface area (Å²) < 4.78 is 0. The number of allylic oxidation sites excluding steroid dienone is 1. The van der Waals surface area contributed by atoms with E-state index < -0.39 is 34.1 Å². The quantitative estimate of drug-likeness (QED) is 0.207. The zero-order valence-electron chi connectivity index (χ0n) is 21.5. The van der Waals surface area contributed by atoms with Crippen molar-refractivity contribution in [1.82, 2.24) is 0 Å². The molecule has 1 N–H and O–H groups in total. The molecule has 4 aromatic carbocycles. The molecule has 7 rings (SSSR count). The van der Waals surface area contributed by atoms with E-state index in [2.05, 4.69) is 0 Å². The van der Waals surface area contributed by atoms with E-state index in [1.165, 1.54) is 6.08 Å². The van der Waals surface area contributed by atoms with Crippen LogP contribution in [-0.2, 0) is 5.60 Å². The predicted octanol–water partition coefficient (Wildman–Crippen LogP) is 5.72. The Balaban J connectivity index is 1.64. The molecule has 0 saturated carbocycles. The number of fused-ring (bicyclic) bond motifs is 2. The second kappa shape index (κ2) is 8.25. The topological polar surface area (TPSA) is 88.5 Å². The molecule has 0 heterocycles. The Morgan fingerprint density at radius 3 is 1.57 bits per heavy atom. The van der Waals surface area contributed by atoms with Gasteiger partial charge in [0.1, 0.15) is 5.60 Å². The van der Waals surface area contributed by atoms with Gasteiger partial charge in [-0.15, -0.1) is 0 Å². The molecule has 5 nitrogen and oxygen atoms in total. The molecule has 0 saturated heterocycles. The Kier molecular flexibility index (Phi) is 4.96. The minimum atomic E-state index is -2.35. The van der Waals surface area contributed by atoms with Crippen LogP contribution in [0.25, 0.3) is 5.57 Å². The van der Waals surface area contributed by atoms with Crippen LogP contribution in [0.5, 0.6) is 0 Å². The lowest BCUT2D eigenvalue weighted by molar-refractivity contribution is 0.00252. The summed E-state index contributed by atoms with van der Waals surface area (Å²) >= 11 is 0. The lowest BCUT2D eigenvalue weighted by Crippen LogP contribution is -2.52. The zero-order chi connectivity index (χ0) is 27.8. The van der Waals surface area contributed by atoms with Crippen molar-refractivity contribution in [3.05, 3.63) is 159 Å². The van der Waals surface area contributed by atoms with Crippen molar-refractivity contribution in [2.75, 3.05) is 0 Å². The van der Waals surface area contributed by atoms with Crippen molar-refractivity contribution in [3.8, 4) is 0 Å². The van der Waals surface area contributed by atoms with Gasteiger partial charge in [0.25, 0.3) is 0 Å². The van der Waals surface area contributed by atoms with Gasteiger partial charge in [-0.05, 0) is 29.7 Å². The van der Waals surface area contributed by atoms with Gasteiger partial charge < -0.3 is 5.11 Å². The number of Topliss-reactive ketones (excluding diaryl/α,β-unsaturated/α-hetero) is 4. The highest BCUT2D eigenvalue weighted by Crippen LogP contribution is 2.64. The van der Waals surface area contributed by atoms with Gasteiger partial charge in [0.2, 0.25) is 0 Å². The average Bonchev–Trinajstić information content (AvgIpc) is 3.50. The first-order chi connectivity index (χ1) is 19.3. The van der Waals surface area contributed by atoms with Crippen LogP contribution in [-0.4, -0.2) is 28.2 Å². The van der Waals surface area contributed by atoms with E-state index in [0.717, 1.165) is 5.56 Å². The van der Waals surface area contributed by atoms with E-state index in [9.17, 15) is 24.3 Å². The average molecular weight is 523 g/mol. The summed E-state index contributed by atoms with van der Waals surface area (Å²) in [6.07, 6.45) is 1.52. The first-order valence-electron chi connectivity index (χ1n) is 13.0. The van der Waals surface area contributed by atoms with Crippen LogP contribution in [0.1, 0.15) is 58.1 Å². The van der Waals surface area contributed by atoms with Gasteiger partial charge in [0.05, 0.1) is 5.57 Å². The van der Waals surface area contributed by atoms with Gasteiger partial charge in [-0.25, -0.2) is 0 Å². The van der Waals surface area contributed by atoms with Gasteiger partial charge in [0, 0.05) is 27.8 Å². The van der Waals surface area contributed by atoms with Crippen molar-refractivity contribution >= 4 is 28.7 Å². The number of carbonyl (C=O) groups excluding carboxylic acids is 4. The highest BCUT2D eigenvalue weighted by molar-refractivity contribution is 6.42. The predicted molar refractivity (Wildman–Crippen MR) is 149 cm³/mol. The Bertz CT molecular complexity index is 1800. The van der Waals surface area contributed by atoms with Crippen LogP contribution >= 0.6 is 0 Å². The highest BCUT2D eigenvalue weighted by atomic mass is 16.3. The third-order valence-corrected chi connectivity index (χ3v) is 8.42. The molecule has 0 aromatic heterocycles. The molecule has 40 heavy (non-hydrogen) atoms. The fourth-order valence-corrected chi connectivity index (χ4v) is 6.55. The third kappa shape index (κ3) is 2.79. The summed E-state index contributed by atoms with van der Waals surface area (Å²) in [4.78, 5) is 56.8. The molecule has 3 aliphatic rings. The molecule has 1 atom stereocenters. The van der Waals surface area contributed by atoms with Crippen molar-refractivity contribution in [3.63, 3.8) is 0 Å².